The van der Waals surface area contributed by atoms with Gasteiger partial charge < -0.3 is 9.64 Å². The highest BCUT2D eigenvalue weighted by Gasteiger charge is 2.30. The second kappa shape index (κ2) is 9.37. The van der Waals surface area contributed by atoms with Crippen LogP contribution in [0.25, 0.3) is 5.95 Å². The lowest BCUT2D eigenvalue weighted by Gasteiger charge is -2.43. The van der Waals surface area contributed by atoms with Crippen LogP contribution in [0.4, 0.5) is 4.79 Å². The van der Waals surface area contributed by atoms with Crippen LogP contribution in [-0.4, -0.2) is 87.2 Å². The lowest BCUT2D eigenvalue weighted by Crippen LogP contribution is -2.55. The molecule has 156 valence electrons. The number of carbonyl (C=O) groups excluding carboxylic acids is 1. The van der Waals surface area contributed by atoms with Crippen molar-refractivity contribution in [3.8, 4) is 5.95 Å². The lowest BCUT2D eigenvalue weighted by atomic mass is 10.0. The summed E-state index contributed by atoms with van der Waals surface area (Å²) >= 11 is 0. The Labute approximate surface area is 172 Å². The minimum Gasteiger partial charge on any atom is -0.450 e. The van der Waals surface area contributed by atoms with Gasteiger partial charge in [0.05, 0.1) is 6.61 Å². The maximum Gasteiger partial charge on any atom is 0.409 e. The molecule has 2 aliphatic heterocycles. The van der Waals surface area contributed by atoms with Crippen LogP contribution in [-0.2, 0) is 11.3 Å². The van der Waals surface area contributed by atoms with Gasteiger partial charge in [0.15, 0.2) is 0 Å². The fourth-order valence-corrected chi connectivity index (χ4v) is 4.34. The number of rotatable bonds is 5. The van der Waals surface area contributed by atoms with Crippen molar-refractivity contribution in [1.29, 1.82) is 0 Å². The quantitative estimate of drug-likeness (QED) is 0.768. The molecular weight excluding hydrogens is 368 g/mol. The van der Waals surface area contributed by atoms with Crippen LogP contribution in [0.2, 0.25) is 0 Å². The molecule has 2 saturated heterocycles. The Morgan fingerprint density at radius 1 is 1.14 bits per heavy atom. The number of piperazine rings is 1. The summed E-state index contributed by atoms with van der Waals surface area (Å²) in [7, 11) is 0. The molecule has 0 aromatic carbocycles. The number of nitrogens with zero attached hydrogens (tertiary/aromatic N) is 6. The van der Waals surface area contributed by atoms with E-state index in [1.165, 1.54) is 18.5 Å². The molecule has 2 aromatic heterocycles. The molecule has 2 aliphatic rings. The van der Waals surface area contributed by atoms with Gasteiger partial charge in [0.25, 0.3) is 0 Å². The van der Waals surface area contributed by atoms with Crippen molar-refractivity contribution in [3.05, 3.63) is 42.5 Å². The molecule has 1 unspecified atom stereocenters. The minimum absolute atomic E-state index is 0.179. The van der Waals surface area contributed by atoms with E-state index in [4.69, 9.17) is 4.74 Å². The largest absolute Gasteiger partial charge is 0.450 e. The molecule has 0 N–H and O–H groups in total. The average molecular weight is 399 g/mol. The van der Waals surface area contributed by atoms with Crippen molar-refractivity contribution in [3.63, 3.8) is 0 Å². The summed E-state index contributed by atoms with van der Waals surface area (Å²) in [4.78, 5) is 27.6. The van der Waals surface area contributed by atoms with E-state index in [0.717, 1.165) is 51.8 Å². The van der Waals surface area contributed by atoms with Crippen LogP contribution < -0.4 is 0 Å². The molecule has 0 saturated carbocycles. The van der Waals surface area contributed by atoms with Crippen LogP contribution >= 0.6 is 0 Å². The number of hydrogen-bond acceptors (Lipinski definition) is 6. The molecule has 8 nitrogen and oxygen atoms in total. The van der Waals surface area contributed by atoms with Crippen molar-refractivity contribution in [2.75, 3.05) is 45.9 Å². The number of amides is 1. The van der Waals surface area contributed by atoms with Crippen molar-refractivity contribution in [1.82, 2.24) is 29.2 Å². The standard InChI is InChI=1S/C21H30N6O2/c1-2-29-21(28)26-14-12-25(13-15-26)18-6-3-10-24(16-18)17-19-7-4-11-27(19)20-22-8-5-9-23-20/h4-5,7-9,11,18H,2-3,6,10,12-17H2,1H3. The Kier molecular flexibility index (Phi) is 6.41. The minimum atomic E-state index is -0.179. The number of aromatic nitrogens is 3. The van der Waals surface area contributed by atoms with E-state index < -0.39 is 0 Å². The molecule has 2 fully saturated rings. The SMILES string of the molecule is CCOC(=O)N1CCN(C2CCCN(Cc3cccn3-c3ncccn3)C2)CC1. The first kappa shape index (κ1) is 19.8. The average Bonchev–Trinajstić information content (AvgIpc) is 3.23. The Hall–Kier alpha value is -2.45. The maximum absolute atomic E-state index is 11.9. The van der Waals surface area contributed by atoms with Gasteiger partial charge >= 0.3 is 6.09 Å². The van der Waals surface area contributed by atoms with E-state index in [2.05, 4.69) is 36.5 Å². The number of hydrogen-bond donors (Lipinski definition) is 0. The Balaban J connectivity index is 1.33. The molecule has 0 bridgehead atoms. The van der Waals surface area contributed by atoms with Crippen molar-refractivity contribution in [2.24, 2.45) is 0 Å². The predicted octanol–water partition coefficient (Wildman–Crippen LogP) is 2.01. The van der Waals surface area contributed by atoms with Crippen molar-refractivity contribution < 1.29 is 9.53 Å². The van der Waals surface area contributed by atoms with Crippen LogP contribution in [0, 0.1) is 0 Å². The third-order valence-corrected chi connectivity index (χ3v) is 5.82. The van der Waals surface area contributed by atoms with Gasteiger partial charge in [-0.3, -0.25) is 14.4 Å². The summed E-state index contributed by atoms with van der Waals surface area (Å²) in [6.45, 7) is 8.70. The van der Waals surface area contributed by atoms with E-state index >= 15 is 0 Å². The first-order valence-corrected chi connectivity index (χ1v) is 10.6. The monoisotopic (exact) mass is 398 g/mol. The molecule has 29 heavy (non-hydrogen) atoms. The molecule has 4 heterocycles. The molecule has 0 spiro atoms. The van der Waals surface area contributed by atoms with Gasteiger partial charge in [-0.1, -0.05) is 0 Å². The molecule has 8 heteroatoms. The summed E-state index contributed by atoms with van der Waals surface area (Å²) in [5.74, 6) is 0.719. The summed E-state index contributed by atoms with van der Waals surface area (Å²) in [6, 6.07) is 6.59. The van der Waals surface area contributed by atoms with Crippen LogP contribution in [0.5, 0.6) is 0 Å². The topological polar surface area (TPSA) is 66.7 Å². The third-order valence-electron chi connectivity index (χ3n) is 5.82. The van der Waals surface area contributed by atoms with E-state index in [1.807, 2.05) is 24.1 Å². The lowest BCUT2D eigenvalue weighted by molar-refractivity contribution is 0.0409. The van der Waals surface area contributed by atoms with Gasteiger partial charge in [-0.2, -0.15) is 0 Å². The predicted molar refractivity (Wildman–Crippen MR) is 110 cm³/mol. The van der Waals surface area contributed by atoms with Gasteiger partial charge in [-0.25, -0.2) is 14.8 Å². The van der Waals surface area contributed by atoms with Crippen LogP contribution in [0.3, 0.4) is 0 Å². The molecule has 2 aromatic rings. The normalized spacial score (nSPS) is 21.3. The van der Waals surface area contributed by atoms with E-state index in [9.17, 15) is 4.79 Å². The van der Waals surface area contributed by atoms with Gasteiger partial charge in [-0.15, -0.1) is 0 Å². The van der Waals surface area contributed by atoms with Gasteiger partial charge in [-0.05, 0) is 44.5 Å². The summed E-state index contributed by atoms with van der Waals surface area (Å²) in [6.07, 6.45) is 7.82. The zero-order chi connectivity index (χ0) is 20.1. The smallest absolute Gasteiger partial charge is 0.409 e. The highest BCUT2D eigenvalue weighted by atomic mass is 16.6. The Morgan fingerprint density at radius 2 is 1.93 bits per heavy atom. The van der Waals surface area contributed by atoms with Gasteiger partial charge in [0.1, 0.15) is 0 Å². The van der Waals surface area contributed by atoms with E-state index in [-0.39, 0.29) is 6.09 Å². The molecular formula is C21H30N6O2. The molecule has 1 amide bonds. The number of carbonyl (C=O) groups is 1. The molecule has 0 radical (unpaired) electrons. The first-order valence-electron chi connectivity index (χ1n) is 10.6. The molecule has 1 atom stereocenters. The Morgan fingerprint density at radius 3 is 2.69 bits per heavy atom. The maximum atomic E-state index is 11.9. The fourth-order valence-electron chi connectivity index (χ4n) is 4.34. The number of ether oxygens (including phenoxy) is 1. The zero-order valence-electron chi connectivity index (χ0n) is 17.1. The number of likely N-dealkylation sites (tertiary alicyclic amines) is 1. The van der Waals surface area contributed by atoms with Crippen molar-refractivity contribution >= 4 is 6.09 Å². The second-order valence-electron chi connectivity index (χ2n) is 7.67. The van der Waals surface area contributed by atoms with Crippen LogP contribution in [0.15, 0.2) is 36.8 Å². The second-order valence-corrected chi connectivity index (χ2v) is 7.67. The molecule has 0 aliphatic carbocycles. The number of piperidine rings is 1. The third kappa shape index (κ3) is 4.76. The van der Waals surface area contributed by atoms with Gasteiger partial charge in [0, 0.05) is 69.6 Å². The highest BCUT2D eigenvalue weighted by molar-refractivity contribution is 5.67. The van der Waals surface area contributed by atoms with E-state index in [1.54, 1.807) is 12.4 Å². The van der Waals surface area contributed by atoms with Crippen LogP contribution in [0.1, 0.15) is 25.5 Å². The molecule has 4 rings (SSSR count). The summed E-state index contributed by atoms with van der Waals surface area (Å²) in [5, 5.41) is 0. The summed E-state index contributed by atoms with van der Waals surface area (Å²) in [5.41, 5.74) is 1.21. The Bertz CT molecular complexity index is 787. The first-order chi connectivity index (χ1) is 14.2. The fraction of sp³-hybridized carbons (Fsp3) is 0.571. The van der Waals surface area contributed by atoms with Gasteiger partial charge in [0.2, 0.25) is 5.95 Å². The van der Waals surface area contributed by atoms with Crippen molar-refractivity contribution in [2.45, 2.75) is 32.4 Å². The van der Waals surface area contributed by atoms with E-state index in [0.29, 0.717) is 12.6 Å². The summed E-state index contributed by atoms with van der Waals surface area (Å²) < 4.78 is 7.20. The highest BCUT2D eigenvalue weighted by Crippen LogP contribution is 2.20. The zero-order valence-corrected chi connectivity index (χ0v) is 17.1.